The highest BCUT2D eigenvalue weighted by Crippen LogP contribution is 1.51. The van der Waals surface area contributed by atoms with Crippen molar-refractivity contribution in [1.82, 2.24) is 5.32 Å². The molecule has 1 amide bonds. The molecule has 0 aliphatic heterocycles. The SMILES string of the molecule is CC(C)=O.CC(C)=O.CNC(C)=O. The van der Waals surface area contributed by atoms with Crippen molar-refractivity contribution in [2.45, 2.75) is 34.6 Å². The lowest BCUT2D eigenvalue weighted by atomic mass is 10.6. The lowest BCUT2D eigenvalue weighted by Gasteiger charge is -1.80. The summed E-state index contributed by atoms with van der Waals surface area (Å²) in [6.07, 6.45) is 0. The topological polar surface area (TPSA) is 63.2 Å². The van der Waals surface area contributed by atoms with Crippen LogP contribution in [0.1, 0.15) is 34.6 Å². The summed E-state index contributed by atoms with van der Waals surface area (Å²) < 4.78 is 0. The quantitative estimate of drug-likeness (QED) is 0.617. The molecule has 0 saturated heterocycles. The Kier molecular flexibility index (Phi) is 18.3. The van der Waals surface area contributed by atoms with Crippen molar-refractivity contribution in [3.05, 3.63) is 0 Å². The highest BCUT2D eigenvalue weighted by molar-refractivity contribution is 5.72. The fourth-order valence-electron chi connectivity index (χ4n) is 0. The highest BCUT2D eigenvalue weighted by Gasteiger charge is 1.72. The molecule has 0 radical (unpaired) electrons. The van der Waals surface area contributed by atoms with Crippen LogP contribution in [0.3, 0.4) is 0 Å². The number of carbonyl (C=O) groups is 3. The second-order valence-corrected chi connectivity index (χ2v) is 2.62. The summed E-state index contributed by atoms with van der Waals surface area (Å²) in [5, 5.41) is 2.39. The first-order valence-corrected chi connectivity index (χ1v) is 3.86. The second-order valence-electron chi connectivity index (χ2n) is 2.62. The molecule has 0 aromatic heterocycles. The molecule has 0 aliphatic carbocycles. The van der Waals surface area contributed by atoms with Crippen molar-refractivity contribution < 1.29 is 14.4 Å². The van der Waals surface area contributed by atoms with Crippen molar-refractivity contribution in [2.24, 2.45) is 0 Å². The van der Waals surface area contributed by atoms with E-state index in [-0.39, 0.29) is 17.5 Å². The van der Waals surface area contributed by atoms with Crippen molar-refractivity contribution in [3.8, 4) is 0 Å². The minimum atomic E-state index is 0.00463. The van der Waals surface area contributed by atoms with Gasteiger partial charge in [0.1, 0.15) is 11.6 Å². The third-order valence-electron chi connectivity index (χ3n) is 0.352. The van der Waals surface area contributed by atoms with E-state index >= 15 is 0 Å². The van der Waals surface area contributed by atoms with Gasteiger partial charge < -0.3 is 14.9 Å². The van der Waals surface area contributed by atoms with Gasteiger partial charge in [0.25, 0.3) is 0 Å². The van der Waals surface area contributed by atoms with Gasteiger partial charge in [0.2, 0.25) is 5.91 Å². The van der Waals surface area contributed by atoms with Gasteiger partial charge in [0.05, 0.1) is 0 Å². The van der Waals surface area contributed by atoms with E-state index in [1.165, 1.54) is 34.6 Å². The molecule has 0 fully saturated rings. The minimum Gasteiger partial charge on any atom is -0.359 e. The predicted octanol–water partition coefficient (Wildman–Crippen LogP) is 0.943. The van der Waals surface area contributed by atoms with Crippen LogP contribution in [0.5, 0.6) is 0 Å². The van der Waals surface area contributed by atoms with Gasteiger partial charge in [0, 0.05) is 14.0 Å². The summed E-state index contributed by atoms with van der Waals surface area (Å²) in [5.41, 5.74) is 0. The predicted molar refractivity (Wildman–Crippen MR) is 52.5 cm³/mol. The zero-order valence-corrected chi connectivity index (χ0v) is 9.22. The molecule has 78 valence electrons. The van der Waals surface area contributed by atoms with Gasteiger partial charge in [-0.2, -0.15) is 0 Å². The Morgan fingerprint density at radius 2 is 0.846 bits per heavy atom. The maximum Gasteiger partial charge on any atom is 0.216 e. The molecule has 0 saturated carbocycles. The highest BCUT2D eigenvalue weighted by atomic mass is 16.1. The van der Waals surface area contributed by atoms with Crippen LogP contribution >= 0.6 is 0 Å². The van der Waals surface area contributed by atoms with Crippen LogP contribution in [-0.4, -0.2) is 24.5 Å². The molecule has 4 nitrogen and oxygen atoms in total. The van der Waals surface area contributed by atoms with Gasteiger partial charge >= 0.3 is 0 Å². The molecule has 4 heteroatoms. The Labute approximate surface area is 79.7 Å². The van der Waals surface area contributed by atoms with Crippen LogP contribution in [0.15, 0.2) is 0 Å². The zero-order chi connectivity index (χ0) is 11.4. The van der Waals surface area contributed by atoms with E-state index in [9.17, 15) is 14.4 Å². The summed E-state index contributed by atoms with van der Waals surface area (Å²) in [6, 6.07) is 0. The summed E-state index contributed by atoms with van der Waals surface area (Å²) in [6.45, 7) is 7.58. The fraction of sp³-hybridized carbons (Fsp3) is 0.667. The van der Waals surface area contributed by atoms with E-state index < -0.39 is 0 Å². The average Bonchev–Trinajstić information content (AvgIpc) is 1.84. The Hall–Kier alpha value is -1.19. The van der Waals surface area contributed by atoms with Gasteiger partial charge in [-0.15, -0.1) is 0 Å². The monoisotopic (exact) mass is 189 g/mol. The Bertz CT molecular complexity index is 144. The number of hydrogen-bond acceptors (Lipinski definition) is 3. The largest absolute Gasteiger partial charge is 0.359 e. The number of amides is 1. The van der Waals surface area contributed by atoms with Crippen molar-refractivity contribution >= 4 is 17.5 Å². The van der Waals surface area contributed by atoms with Gasteiger partial charge in [0.15, 0.2) is 0 Å². The summed E-state index contributed by atoms with van der Waals surface area (Å²) >= 11 is 0. The van der Waals surface area contributed by atoms with Crippen LogP contribution < -0.4 is 5.32 Å². The molecule has 0 spiro atoms. The molecule has 13 heavy (non-hydrogen) atoms. The molecule has 0 aromatic rings. The van der Waals surface area contributed by atoms with Gasteiger partial charge in [-0.3, -0.25) is 4.79 Å². The molecule has 0 aliphatic rings. The molecule has 1 N–H and O–H groups in total. The third-order valence-corrected chi connectivity index (χ3v) is 0.352. The van der Waals surface area contributed by atoms with Crippen LogP contribution in [-0.2, 0) is 14.4 Å². The van der Waals surface area contributed by atoms with Crippen molar-refractivity contribution in [2.75, 3.05) is 7.05 Å². The number of ketones is 2. The number of Topliss-reactive ketones (excluding diaryl/α,β-unsaturated/α-hetero) is 2. The van der Waals surface area contributed by atoms with Crippen LogP contribution in [0.4, 0.5) is 0 Å². The molecule has 0 atom stereocenters. The third kappa shape index (κ3) is 1280. The molecule has 0 unspecified atom stereocenters. The van der Waals surface area contributed by atoms with Crippen molar-refractivity contribution in [1.29, 1.82) is 0 Å². The fourth-order valence-corrected chi connectivity index (χ4v) is 0. The first kappa shape index (κ1) is 17.8. The van der Waals surface area contributed by atoms with E-state index in [0.717, 1.165) is 0 Å². The lowest BCUT2D eigenvalue weighted by molar-refractivity contribution is -0.118. The van der Waals surface area contributed by atoms with E-state index in [4.69, 9.17) is 0 Å². The summed E-state index contributed by atoms with van der Waals surface area (Å²) in [5.74, 6) is 0.338. The smallest absolute Gasteiger partial charge is 0.216 e. The van der Waals surface area contributed by atoms with E-state index in [1.54, 1.807) is 7.05 Å². The Morgan fingerprint density at radius 3 is 0.846 bits per heavy atom. The Balaban J connectivity index is -0.000000117. The van der Waals surface area contributed by atoms with E-state index in [2.05, 4.69) is 5.32 Å². The van der Waals surface area contributed by atoms with E-state index in [1.807, 2.05) is 0 Å². The number of carbonyl (C=O) groups excluding carboxylic acids is 3. The van der Waals surface area contributed by atoms with Gasteiger partial charge in [-0.05, 0) is 27.7 Å². The lowest BCUT2D eigenvalue weighted by Crippen LogP contribution is -2.11. The normalized spacial score (nSPS) is 6.62. The van der Waals surface area contributed by atoms with Gasteiger partial charge in [-0.1, -0.05) is 0 Å². The van der Waals surface area contributed by atoms with E-state index in [0.29, 0.717) is 0 Å². The minimum absolute atomic E-state index is 0.00463. The van der Waals surface area contributed by atoms with Crippen molar-refractivity contribution in [3.63, 3.8) is 0 Å². The van der Waals surface area contributed by atoms with Gasteiger partial charge in [-0.25, -0.2) is 0 Å². The number of hydrogen-bond donors (Lipinski definition) is 1. The molecule has 0 bridgehead atoms. The van der Waals surface area contributed by atoms with Crippen LogP contribution in [0.2, 0.25) is 0 Å². The first-order chi connectivity index (χ1) is 5.73. The van der Waals surface area contributed by atoms with Crippen LogP contribution in [0, 0.1) is 0 Å². The molecule has 0 rings (SSSR count). The molecular formula is C9H19NO3. The average molecular weight is 189 g/mol. The Morgan fingerprint density at radius 1 is 0.769 bits per heavy atom. The number of nitrogens with one attached hydrogen (secondary N) is 1. The molecule has 0 aromatic carbocycles. The number of rotatable bonds is 0. The maximum absolute atomic E-state index is 9.70. The second kappa shape index (κ2) is 13.4. The van der Waals surface area contributed by atoms with Crippen LogP contribution in [0.25, 0.3) is 0 Å². The standard InChI is InChI=1S/C3H7NO.2C3H6O/c1-3(5)4-2;2*1-3(2)4/h1-2H3,(H,4,5);2*1-2H3. The molecule has 0 heterocycles. The first-order valence-electron chi connectivity index (χ1n) is 3.86. The maximum atomic E-state index is 9.70. The zero-order valence-electron chi connectivity index (χ0n) is 9.22. The summed E-state index contributed by atoms with van der Waals surface area (Å²) in [7, 11) is 1.60. The molecular weight excluding hydrogens is 170 g/mol. The summed E-state index contributed by atoms with van der Waals surface area (Å²) in [4.78, 5) is 28.6.